The highest BCUT2D eigenvalue weighted by Crippen LogP contribution is 2.37. The predicted octanol–water partition coefficient (Wildman–Crippen LogP) is 2.36. The number of hydrogen-bond donors (Lipinski definition) is 1. The second kappa shape index (κ2) is 6.83. The Balaban J connectivity index is 1.59. The summed E-state index contributed by atoms with van der Waals surface area (Å²) < 4.78 is 15.8. The van der Waals surface area contributed by atoms with Crippen LogP contribution in [0.1, 0.15) is 21.8 Å². The smallest absolute Gasteiger partial charge is 0.308 e. The Kier molecular flexibility index (Phi) is 4.35. The molecule has 0 aromatic heterocycles. The lowest BCUT2D eigenvalue weighted by Gasteiger charge is -2.17. The van der Waals surface area contributed by atoms with Crippen molar-refractivity contribution < 1.29 is 28.9 Å². The molecule has 0 saturated carbocycles. The monoisotopic (exact) mass is 369 g/mol. The van der Waals surface area contributed by atoms with Gasteiger partial charge in [0.05, 0.1) is 13.0 Å². The molecule has 2 aliphatic rings. The molecule has 2 aromatic rings. The lowest BCUT2D eigenvalue weighted by Crippen LogP contribution is -2.29. The first-order valence-corrected chi connectivity index (χ1v) is 8.62. The summed E-state index contributed by atoms with van der Waals surface area (Å²) >= 11 is 0. The van der Waals surface area contributed by atoms with E-state index in [1.807, 2.05) is 24.3 Å². The van der Waals surface area contributed by atoms with Crippen molar-refractivity contribution >= 4 is 11.9 Å². The fraction of sp³-hybridized carbons (Fsp3) is 0.300. The van der Waals surface area contributed by atoms with Crippen molar-refractivity contribution in [2.24, 2.45) is 5.92 Å². The number of hydrogen-bond acceptors (Lipinski definition) is 5. The number of carboxylic acid groups (broad SMARTS) is 1. The Morgan fingerprint density at radius 1 is 1.11 bits per heavy atom. The largest absolute Gasteiger partial charge is 0.497 e. The number of fused-ring (bicyclic) bond motifs is 1. The third kappa shape index (κ3) is 3.16. The minimum absolute atomic E-state index is 0.135. The van der Waals surface area contributed by atoms with Crippen LogP contribution >= 0.6 is 0 Å². The van der Waals surface area contributed by atoms with Crippen molar-refractivity contribution in [1.82, 2.24) is 4.90 Å². The number of likely N-dealkylation sites (tertiary alicyclic amines) is 1. The van der Waals surface area contributed by atoms with Gasteiger partial charge in [-0.1, -0.05) is 12.1 Å². The summed E-state index contributed by atoms with van der Waals surface area (Å²) in [6, 6.07) is 12.3. The van der Waals surface area contributed by atoms with E-state index in [1.165, 1.54) is 0 Å². The van der Waals surface area contributed by atoms with E-state index < -0.39 is 11.9 Å². The molecule has 2 aliphatic heterocycles. The lowest BCUT2D eigenvalue weighted by atomic mass is 9.89. The van der Waals surface area contributed by atoms with E-state index in [0.29, 0.717) is 29.4 Å². The Labute approximate surface area is 156 Å². The van der Waals surface area contributed by atoms with Gasteiger partial charge in [-0.25, -0.2) is 0 Å². The summed E-state index contributed by atoms with van der Waals surface area (Å²) in [4.78, 5) is 26.3. The highest BCUT2D eigenvalue weighted by molar-refractivity contribution is 5.95. The van der Waals surface area contributed by atoms with E-state index >= 15 is 0 Å². The zero-order valence-electron chi connectivity index (χ0n) is 14.8. The van der Waals surface area contributed by atoms with Gasteiger partial charge in [0.1, 0.15) is 5.75 Å². The molecule has 0 bridgehead atoms. The molecular weight excluding hydrogens is 350 g/mol. The SMILES string of the molecule is COc1cccc([C@@H]2CN(C(=O)c3ccc4c(c3)OCO4)C[C@H]2C(=O)O)c1. The summed E-state index contributed by atoms with van der Waals surface area (Å²) in [7, 11) is 1.57. The first-order chi connectivity index (χ1) is 13.1. The van der Waals surface area contributed by atoms with E-state index in [0.717, 1.165) is 5.56 Å². The molecule has 4 rings (SSSR count). The van der Waals surface area contributed by atoms with Gasteiger partial charge in [-0.2, -0.15) is 0 Å². The van der Waals surface area contributed by atoms with Crippen molar-refractivity contribution in [2.75, 3.05) is 27.0 Å². The second-order valence-electron chi connectivity index (χ2n) is 6.61. The van der Waals surface area contributed by atoms with Crippen LogP contribution in [-0.4, -0.2) is 48.9 Å². The number of carbonyl (C=O) groups excluding carboxylic acids is 1. The minimum atomic E-state index is -0.913. The molecule has 140 valence electrons. The van der Waals surface area contributed by atoms with Gasteiger partial charge in [-0.15, -0.1) is 0 Å². The van der Waals surface area contributed by atoms with Crippen molar-refractivity contribution in [1.29, 1.82) is 0 Å². The van der Waals surface area contributed by atoms with Crippen LogP contribution in [0, 0.1) is 5.92 Å². The second-order valence-corrected chi connectivity index (χ2v) is 6.61. The molecule has 7 heteroatoms. The maximum absolute atomic E-state index is 12.9. The highest BCUT2D eigenvalue weighted by atomic mass is 16.7. The van der Waals surface area contributed by atoms with Gasteiger partial charge < -0.3 is 24.2 Å². The predicted molar refractivity (Wildman–Crippen MR) is 95.3 cm³/mol. The third-order valence-corrected chi connectivity index (χ3v) is 5.07. The summed E-state index contributed by atoms with van der Waals surface area (Å²) in [5, 5.41) is 9.66. The number of aliphatic carboxylic acids is 1. The number of carbonyl (C=O) groups is 2. The third-order valence-electron chi connectivity index (χ3n) is 5.07. The Morgan fingerprint density at radius 3 is 2.70 bits per heavy atom. The van der Waals surface area contributed by atoms with Crippen molar-refractivity contribution in [2.45, 2.75) is 5.92 Å². The first-order valence-electron chi connectivity index (χ1n) is 8.62. The van der Waals surface area contributed by atoms with Crippen molar-refractivity contribution in [3.8, 4) is 17.2 Å². The highest BCUT2D eigenvalue weighted by Gasteiger charge is 2.41. The average molecular weight is 369 g/mol. The molecule has 0 radical (unpaired) electrons. The first kappa shape index (κ1) is 17.2. The Morgan fingerprint density at radius 2 is 1.93 bits per heavy atom. The Hall–Kier alpha value is -3.22. The molecule has 2 heterocycles. The molecule has 27 heavy (non-hydrogen) atoms. The maximum atomic E-state index is 12.9. The lowest BCUT2D eigenvalue weighted by molar-refractivity contribution is -0.141. The number of nitrogens with zero attached hydrogens (tertiary/aromatic N) is 1. The van der Waals surface area contributed by atoms with Gasteiger partial charge in [0.25, 0.3) is 5.91 Å². The molecular formula is C20H19NO6. The fourth-order valence-electron chi connectivity index (χ4n) is 3.64. The van der Waals surface area contributed by atoms with Gasteiger partial charge in [-0.3, -0.25) is 9.59 Å². The van der Waals surface area contributed by atoms with E-state index in [2.05, 4.69) is 0 Å². The van der Waals surface area contributed by atoms with Crippen LogP contribution in [0.5, 0.6) is 17.2 Å². The number of benzene rings is 2. The van der Waals surface area contributed by atoms with Crippen LogP contribution in [-0.2, 0) is 4.79 Å². The average Bonchev–Trinajstić information content (AvgIpc) is 3.34. The van der Waals surface area contributed by atoms with E-state index in [1.54, 1.807) is 30.2 Å². The zero-order chi connectivity index (χ0) is 19.0. The number of amides is 1. The molecule has 1 fully saturated rings. The topological polar surface area (TPSA) is 85.3 Å². The molecule has 2 aromatic carbocycles. The molecule has 1 amide bonds. The number of carboxylic acids is 1. The van der Waals surface area contributed by atoms with Crippen LogP contribution < -0.4 is 14.2 Å². The molecule has 0 aliphatic carbocycles. The van der Waals surface area contributed by atoms with E-state index in [-0.39, 0.29) is 25.2 Å². The van der Waals surface area contributed by atoms with E-state index in [9.17, 15) is 14.7 Å². The minimum Gasteiger partial charge on any atom is -0.497 e. The summed E-state index contributed by atoms with van der Waals surface area (Å²) in [6.45, 7) is 0.623. The number of methoxy groups -OCH3 is 1. The van der Waals surface area contributed by atoms with Crippen LogP contribution in [0.25, 0.3) is 0 Å². The van der Waals surface area contributed by atoms with Crippen molar-refractivity contribution in [3.05, 3.63) is 53.6 Å². The zero-order valence-corrected chi connectivity index (χ0v) is 14.8. The standard InChI is InChI=1S/C20H19NO6/c1-25-14-4-2-3-12(7-14)15-9-21(10-16(15)20(23)24)19(22)13-5-6-17-18(8-13)27-11-26-17/h2-8,15-16H,9-11H2,1H3,(H,23,24)/t15-,16+/m0/s1. The number of rotatable bonds is 4. The van der Waals surface area contributed by atoms with Crippen LogP contribution in [0.15, 0.2) is 42.5 Å². The summed E-state index contributed by atoms with van der Waals surface area (Å²) in [6.07, 6.45) is 0. The molecule has 1 N–H and O–H groups in total. The van der Waals surface area contributed by atoms with Gasteiger partial charge in [0.2, 0.25) is 6.79 Å². The molecule has 0 spiro atoms. The van der Waals surface area contributed by atoms with E-state index in [4.69, 9.17) is 14.2 Å². The van der Waals surface area contributed by atoms with Gasteiger partial charge in [0, 0.05) is 24.6 Å². The fourth-order valence-corrected chi connectivity index (χ4v) is 3.64. The molecule has 2 atom stereocenters. The molecule has 0 unspecified atom stereocenters. The van der Waals surface area contributed by atoms with Gasteiger partial charge in [0.15, 0.2) is 11.5 Å². The normalized spacial score (nSPS) is 20.6. The maximum Gasteiger partial charge on any atom is 0.308 e. The van der Waals surface area contributed by atoms with Gasteiger partial charge in [-0.05, 0) is 35.9 Å². The van der Waals surface area contributed by atoms with Crippen LogP contribution in [0.2, 0.25) is 0 Å². The van der Waals surface area contributed by atoms with Gasteiger partial charge >= 0.3 is 5.97 Å². The van der Waals surface area contributed by atoms with Crippen LogP contribution in [0.4, 0.5) is 0 Å². The molecule has 7 nitrogen and oxygen atoms in total. The Bertz CT molecular complexity index is 896. The summed E-state index contributed by atoms with van der Waals surface area (Å²) in [5.41, 5.74) is 1.30. The quantitative estimate of drug-likeness (QED) is 0.891. The van der Waals surface area contributed by atoms with Crippen molar-refractivity contribution in [3.63, 3.8) is 0 Å². The summed E-state index contributed by atoms with van der Waals surface area (Å²) in [5.74, 6) is -0.304. The van der Waals surface area contributed by atoms with Crippen LogP contribution in [0.3, 0.4) is 0 Å². The number of ether oxygens (including phenoxy) is 3. The molecule has 1 saturated heterocycles.